The summed E-state index contributed by atoms with van der Waals surface area (Å²) >= 11 is 2.31. The lowest BCUT2D eigenvalue weighted by Crippen LogP contribution is -1.91. The summed E-state index contributed by atoms with van der Waals surface area (Å²) in [5.41, 5.74) is 5.85. The predicted molar refractivity (Wildman–Crippen MR) is 92.6 cm³/mol. The van der Waals surface area contributed by atoms with Crippen LogP contribution in [0.25, 0.3) is 22.4 Å². The third kappa shape index (κ3) is 2.75. The quantitative estimate of drug-likeness (QED) is 0.555. The molecule has 0 amide bonds. The molecular formula is C18H14IN. The van der Waals surface area contributed by atoms with Gasteiger partial charge in [0.05, 0.1) is 5.69 Å². The van der Waals surface area contributed by atoms with E-state index in [1.807, 2.05) is 12.3 Å². The second-order valence-electron chi connectivity index (χ2n) is 4.78. The number of rotatable bonds is 2. The first-order valence-electron chi connectivity index (χ1n) is 6.52. The number of aromatic nitrogens is 1. The lowest BCUT2D eigenvalue weighted by Gasteiger charge is -2.10. The fourth-order valence-electron chi connectivity index (χ4n) is 2.22. The van der Waals surface area contributed by atoms with Crippen molar-refractivity contribution in [1.82, 2.24) is 4.98 Å². The van der Waals surface area contributed by atoms with Gasteiger partial charge in [-0.3, -0.25) is 4.98 Å². The van der Waals surface area contributed by atoms with Crippen LogP contribution in [0, 0.1) is 10.5 Å². The molecule has 0 spiro atoms. The van der Waals surface area contributed by atoms with Crippen molar-refractivity contribution in [3.63, 3.8) is 0 Å². The number of hydrogen-bond donors (Lipinski definition) is 0. The largest absolute Gasteiger partial charge is 0.255 e. The SMILES string of the molecule is Cc1ccc(-c2ncc(I)cc2-c2ccccc2)cc1. The van der Waals surface area contributed by atoms with E-state index in [9.17, 15) is 0 Å². The van der Waals surface area contributed by atoms with Crippen LogP contribution < -0.4 is 0 Å². The molecule has 3 aromatic rings. The minimum Gasteiger partial charge on any atom is -0.255 e. The molecule has 0 fully saturated rings. The number of nitrogens with zero attached hydrogens (tertiary/aromatic N) is 1. The topological polar surface area (TPSA) is 12.9 Å². The van der Waals surface area contributed by atoms with Gasteiger partial charge >= 0.3 is 0 Å². The Kier molecular flexibility index (Phi) is 3.83. The maximum absolute atomic E-state index is 4.65. The average molecular weight is 371 g/mol. The summed E-state index contributed by atoms with van der Waals surface area (Å²) < 4.78 is 1.15. The Morgan fingerprint density at radius 3 is 2.25 bits per heavy atom. The van der Waals surface area contributed by atoms with E-state index in [1.165, 1.54) is 16.7 Å². The first-order chi connectivity index (χ1) is 9.74. The molecule has 0 aliphatic heterocycles. The lowest BCUT2D eigenvalue weighted by molar-refractivity contribution is 1.30. The van der Waals surface area contributed by atoms with E-state index in [2.05, 4.69) is 89.1 Å². The Bertz CT molecular complexity index is 718. The van der Waals surface area contributed by atoms with Gasteiger partial charge in [0.2, 0.25) is 0 Å². The van der Waals surface area contributed by atoms with Crippen molar-refractivity contribution in [2.24, 2.45) is 0 Å². The summed E-state index contributed by atoms with van der Waals surface area (Å²) in [4.78, 5) is 4.65. The molecule has 0 unspecified atom stereocenters. The third-order valence-electron chi connectivity index (χ3n) is 3.26. The third-order valence-corrected chi connectivity index (χ3v) is 3.85. The second-order valence-corrected chi connectivity index (χ2v) is 6.03. The molecule has 2 aromatic carbocycles. The van der Waals surface area contributed by atoms with Crippen molar-refractivity contribution in [2.75, 3.05) is 0 Å². The molecule has 3 rings (SSSR count). The van der Waals surface area contributed by atoms with Crippen molar-refractivity contribution in [2.45, 2.75) is 6.92 Å². The van der Waals surface area contributed by atoms with Crippen LogP contribution in [0.15, 0.2) is 66.9 Å². The van der Waals surface area contributed by atoms with Gasteiger partial charge in [-0.15, -0.1) is 0 Å². The summed E-state index contributed by atoms with van der Waals surface area (Å²) in [6.45, 7) is 2.10. The molecule has 20 heavy (non-hydrogen) atoms. The highest BCUT2D eigenvalue weighted by atomic mass is 127. The van der Waals surface area contributed by atoms with Crippen LogP contribution in [0.1, 0.15) is 5.56 Å². The molecule has 0 N–H and O–H groups in total. The van der Waals surface area contributed by atoms with Gasteiger partial charge in [0, 0.05) is 20.9 Å². The highest BCUT2D eigenvalue weighted by molar-refractivity contribution is 14.1. The minimum atomic E-state index is 1.04. The number of hydrogen-bond acceptors (Lipinski definition) is 1. The van der Waals surface area contributed by atoms with Gasteiger partial charge in [0.1, 0.15) is 0 Å². The molecular weight excluding hydrogens is 357 g/mol. The standard InChI is InChI=1S/C18H14IN/c1-13-7-9-15(10-8-13)18-17(11-16(19)12-20-18)14-5-3-2-4-6-14/h2-12H,1H3. The first kappa shape index (κ1) is 13.3. The van der Waals surface area contributed by atoms with Gasteiger partial charge in [0.25, 0.3) is 0 Å². The fourth-order valence-corrected chi connectivity index (χ4v) is 2.67. The van der Waals surface area contributed by atoms with Gasteiger partial charge in [-0.2, -0.15) is 0 Å². The van der Waals surface area contributed by atoms with Crippen molar-refractivity contribution in [1.29, 1.82) is 0 Å². The van der Waals surface area contributed by atoms with Crippen LogP contribution in [-0.2, 0) is 0 Å². The molecule has 1 heterocycles. The summed E-state index contributed by atoms with van der Waals surface area (Å²) in [6, 6.07) is 21.1. The van der Waals surface area contributed by atoms with Crippen LogP contribution >= 0.6 is 22.6 Å². The highest BCUT2D eigenvalue weighted by Crippen LogP contribution is 2.31. The van der Waals surface area contributed by atoms with Gasteiger partial charge in [0.15, 0.2) is 0 Å². The van der Waals surface area contributed by atoms with E-state index in [-0.39, 0.29) is 0 Å². The number of benzene rings is 2. The molecule has 98 valence electrons. The van der Waals surface area contributed by atoms with Crippen molar-refractivity contribution >= 4 is 22.6 Å². The molecule has 0 aliphatic rings. The molecule has 1 aromatic heterocycles. The zero-order valence-corrected chi connectivity index (χ0v) is 13.3. The van der Waals surface area contributed by atoms with Crippen LogP contribution in [0.2, 0.25) is 0 Å². The predicted octanol–water partition coefficient (Wildman–Crippen LogP) is 5.33. The molecule has 2 heteroatoms. The number of halogens is 1. The summed E-state index contributed by atoms with van der Waals surface area (Å²) in [6.07, 6.45) is 1.92. The maximum atomic E-state index is 4.65. The van der Waals surface area contributed by atoms with Gasteiger partial charge in [-0.1, -0.05) is 60.2 Å². The summed E-state index contributed by atoms with van der Waals surface area (Å²) in [5, 5.41) is 0. The van der Waals surface area contributed by atoms with Crippen molar-refractivity contribution in [3.8, 4) is 22.4 Å². The second kappa shape index (κ2) is 5.75. The van der Waals surface area contributed by atoms with E-state index in [4.69, 9.17) is 0 Å². The van der Waals surface area contributed by atoms with Crippen molar-refractivity contribution in [3.05, 3.63) is 76.0 Å². The van der Waals surface area contributed by atoms with E-state index in [0.29, 0.717) is 0 Å². The van der Waals surface area contributed by atoms with Gasteiger partial charge in [-0.25, -0.2) is 0 Å². The lowest BCUT2D eigenvalue weighted by atomic mass is 9.99. The first-order valence-corrected chi connectivity index (χ1v) is 7.60. The van der Waals surface area contributed by atoms with Gasteiger partial charge < -0.3 is 0 Å². The molecule has 0 atom stereocenters. The monoisotopic (exact) mass is 371 g/mol. The molecule has 0 saturated carbocycles. The van der Waals surface area contributed by atoms with Crippen molar-refractivity contribution < 1.29 is 0 Å². The molecule has 0 saturated heterocycles. The normalized spacial score (nSPS) is 10.5. The number of pyridine rings is 1. The summed E-state index contributed by atoms with van der Waals surface area (Å²) in [7, 11) is 0. The molecule has 1 nitrogen and oxygen atoms in total. The van der Waals surface area contributed by atoms with Crippen LogP contribution in [0.5, 0.6) is 0 Å². The maximum Gasteiger partial charge on any atom is 0.0781 e. The summed E-state index contributed by atoms with van der Waals surface area (Å²) in [5.74, 6) is 0. The highest BCUT2D eigenvalue weighted by Gasteiger charge is 2.09. The smallest absolute Gasteiger partial charge is 0.0781 e. The van der Waals surface area contributed by atoms with E-state index >= 15 is 0 Å². The Morgan fingerprint density at radius 1 is 0.850 bits per heavy atom. The van der Waals surface area contributed by atoms with Crippen LogP contribution in [-0.4, -0.2) is 4.98 Å². The molecule has 0 bridgehead atoms. The molecule has 0 aliphatic carbocycles. The van der Waals surface area contributed by atoms with E-state index in [1.54, 1.807) is 0 Å². The zero-order chi connectivity index (χ0) is 13.9. The average Bonchev–Trinajstić information content (AvgIpc) is 2.49. The zero-order valence-electron chi connectivity index (χ0n) is 11.2. The van der Waals surface area contributed by atoms with E-state index < -0.39 is 0 Å². The molecule has 0 radical (unpaired) electrons. The Balaban J connectivity index is 2.19. The Hall–Kier alpha value is -1.68. The van der Waals surface area contributed by atoms with Gasteiger partial charge in [-0.05, 0) is 41.1 Å². The Labute approximate surface area is 132 Å². The van der Waals surface area contributed by atoms with E-state index in [0.717, 1.165) is 14.8 Å². The Morgan fingerprint density at radius 2 is 1.55 bits per heavy atom. The fraction of sp³-hybridized carbons (Fsp3) is 0.0556. The minimum absolute atomic E-state index is 1.04. The number of aryl methyl sites for hydroxylation is 1. The van der Waals surface area contributed by atoms with Crippen LogP contribution in [0.3, 0.4) is 0 Å². The van der Waals surface area contributed by atoms with Crippen LogP contribution in [0.4, 0.5) is 0 Å².